The molecule has 1 aliphatic carbocycles. The van der Waals surface area contributed by atoms with Crippen LogP contribution < -0.4 is 16.5 Å². The SMILES string of the molecule is CC(=O)S[C@H]1C[C@@H](C=O)N(NC2=C(C3(N)NC=CS3)CC(=S(=O)=O)C=C2)C1. The molecule has 0 aromatic heterocycles. The van der Waals surface area contributed by atoms with E-state index in [4.69, 9.17) is 5.73 Å². The predicted molar refractivity (Wildman–Crippen MR) is 108 cm³/mol. The van der Waals surface area contributed by atoms with Gasteiger partial charge in [-0.25, -0.2) is 5.01 Å². The Labute approximate surface area is 167 Å². The number of nitrogens with one attached hydrogen (secondary N) is 2. The maximum atomic E-state index is 11.5. The topological polar surface area (TPSA) is 122 Å². The average Bonchev–Trinajstić information content (AvgIpc) is 3.21. The van der Waals surface area contributed by atoms with Crippen molar-refractivity contribution in [3.05, 3.63) is 35.0 Å². The lowest BCUT2D eigenvalue weighted by molar-refractivity contribution is -0.112. The monoisotopic (exact) mass is 428 g/mol. The van der Waals surface area contributed by atoms with Crippen LogP contribution in [0.5, 0.6) is 0 Å². The summed E-state index contributed by atoms with van der Waals surface area (Å²) in [6.07, 6.45) is 6.49. The first kappa shape index (κ1) is 20.2. The van der Waals surface area contributed by atoms with E-state index < -0.39 is 15.3 Å². The Balaban J connectivity index is 1.88. The van der Waals surface area contributed by atoms with Gasteiger partial charge in [0, 0.05) is 36.9 Å². The first-order valence-corrected chi connectivity index (χ1v) is 11.1. The van der Waals surface area contributed by atoms with Crippen LogP contribution in [-0.4, -0.2) is 52.5 Å². The molecular formula is C16H20N4O4S3. The van der Waals surface area contributed by atoms with Crippen LogP contribution in [0.2, 0.25) is 0 Å². The van der Waals surface area contributed by atoms with Crippen LogP contribution in [0.3, 0.4) is 0 Å². The molecular weight excluding hydrogens is 408 g/mol. The molecule has 27 heavy (non-hydrogen) atoms. The van der Waals surface area contributed by atoms with Crippen LogP contribution in [0.4, 0.5) is 0 Å². The minimum Gasteiger partial charge on any atom is -0.361 e. The average molecular weight is 429 g/mol. The zero-order chi connectivity index (χ0) is 19.6. The Morgan fingerprint density at radius 1 is 1.52 bits per heavy atom. The van der Waals surface area contributed by atoms with Crippen molar-refractivity contribution < 1.29 is 18.0 Å². The molecule has 11 heteroatoms. The summed E-state index contributed by atoms with van der Waals surface area (Å²) in [5.41, 5.74) is 11.0. The zero-order valence-corrected chi connectivity index (χ0v) is 17.0. The van der Waals surface area contributed by atoms with Crippen molar-refractivity contribution in [2.24, 2.45) is 5.73 Å². The van der Waals surface area contributed by atoms with Gasteiger partial charge in [0.1, 0.15) is 6.29 Å². The Morgan fingerprint density at radius 3 is 2.89 bits per heavy atom. The summed E-state index contributed by atoms with van der Waals surface area (Å²) >= 11 is 2.57. The number of hydrogen-bond acceptors (Lipinski definition) is 10. The molecule has 0 amide bonds. The van der Waals surface area contributed by atoms with Gasteiger partial charge in [-0.2, -0.15) is 8.42 Å². The molecule has 0 bridgehead atoms. The number of nitrogens with zero attached hydrogens (tertiary/aromatic N) is 1. The van der Waals surface area contributed by atoms with Crippen molar-refractivity contribution in [1.82, 2.24) is 15.8 Å². The summed E-state index contributed by atoms with van der Waals surface area (Å²) in [5, 5.41) is 6.67. The standard InChI is InChI=1S/C16H20N4O4S3/c1-10(22)26-12-6-11(9-21)20(8-12)19-15-3-2-13(27(23)24)7-14(15)16(17)18-4-5-25-16/h2-5,9,11-12,18-19H,6-8,17H2,1H3/t11-,12-,16?/m0/s1. The Bertz CT molecular complexity index is 862. The van der Waals surface area contributed by atoms with E-state index in [1.54, 1.807) is 22.7 Å². The lowest BCUT2D eigenvalue weighted by atomic mass is 9.99. The van der Waals surface area contributed by atoms with Crippen LogP contribution in [0.15, 0.2) is 35.0 Å². The van der Waals surface area contributed by atoms with E-state index in [1.165, 1.54) is 36.5 Å². The van der Waals surface area contributed by atoms with Crippen LogP contribution in [0, 0.1) is 0 Å². The minimum absolute atomic E-state index is 0.0136. The second-order valence-electron chi connectivity index (χ2n) is 6.34. The second-order valence-corrected chi connectivity index (χ2v) is 9.96. The Hall–Kier alpha value is -1.53. The molecule has 8 nitrogen and oxygen atoms in total. The van der Waals surface area contributed by atoms with Crippen LogP contribution in [0.1, 0.15) is 19.8 Å². The first-order valence-electron chi connectivity index (χ1n) is 8.24. The van der Waals surface area contributed by atoms with Gasteiger partial charge in [-0.3, -0.25) is 10.5 Å². The minimum atomic E-state index is -2.34. The smallest absolute Gasteiger partial charge is 0.217 e. The molecule has 0 saturated carbocycles. The molecule has 3 aliphatic rings. The number of allylic oxidation sites excluding steroid dienone is 2. The van der Waals surface area contributed by atoms with Crippen LogP contribution in [0.25, 0.3) is 0 Å². The number of hydrazine groups is 1. The van der Waals surface area contributed by atoms with E-state index in [2.05, 4.69) is 10.7 Å². The normalized spacial score (nSPS) is 30.5. The maximum Gasteiger partial charge on any atom is 0.217 e. The van der Waals surface area contributed by atoms with Gasteiger partial charge < -0.3 is 15.5 Å². The lowest BCUT2D eigenvalue weighted by Crippen LogP contribution is -2.51. The molecule has 1 unspecified atom stereocenters. The fourth-order valence-electron chi connectivity index (χ4n) is 3.21. The molecule has 3 rings (SSSR count). The number of nitrogens with two attached hydrogens (primary N) is 1. The number of rotatable bonds is 5. The quantitative estimate of drug-likeness (QED) is 0.410. The van der Waals surface area contributed by atoms with Gasteiger partial charge in [-0.1, -0.05) is 23.5 Å². The Kier molecular flexibility index (Phi) is 6.16. The van der Waals surface area contributed by atoms with E-state index in [9.17, 15) is 18.0 Å². The predicted octanol–water partition coefficient (Wildman–Crippen LogP) is 0.0981. The van der Waals surface area contributed by atoms with Crippen molar-refractivity contribution in [3.63, 3.8) is 0 Å². The largest absolute Gasteiger partial charge is 0.361 e. The van der Waals surface area contributed by atoms with E-state index in [1.807, 2.05) is 0 Å². The highest BCUT2D eigenvalue weighted by atomic mass is 32.2. The third kappa shape index (κ3) is 4.49. The maximum absolute atomic E-state index is 11.5. The van der Waals surface area contributed by atoms with Gasteiger partial charge in [0.25, 0.3) is 0 Å². The van der Waals surface area contributed by atoms with Crippen molar-refractivity contribution >= 4 is 50.1 Å². The summed E-state index contributed by atoms with van der Waals surface area (Å²) in [4.78, 5) is 22.1. The van der Waals surface area contributed by atoms with Crippen LogP contribution in [-0.2, 0) is 19.9 Å². The molecule has 0 aromatic carbocycles. The third-order valence-electron chi connectivity index (χ3n) is 4.45. The van der Waals surface area contributed by atoms with Crippen molar-refractivity contribution in [1.29, 1.82) is 0 Å². The second kappa shape index (κ2) is 8.23. The summed E-state index contributed by atoms with van der Waals surface area (Å²) in [7, 11) is -2.34. The van der Waals surface area contributed by atoms with E-state index in [0.717, 1.165) is 6.29 Å². The summed E-state index contributed by atoms with van der Waals surface area (Å²) in [6.45, 7) is 2.02. The van der Waals surface area contributed by atoms with Crippen molar-refractivity contribution in [3.8, 4) is 0 Å². The first-order chi connectivity index (χ1) is 12.8. The summed E-state index contributed by atoms with van der Waals surface area (Å²) in [6, 6.07) is -0.376. The van der Waals surface area contributed by atoms with Crippen molar-refractivity contribution in [2.75, 3.05) is 6.54 Å². The molecule has 146 valence electrons. The molecule has 3 atom stereocenters. The van der Waals surface area contributed by atoms with Crippen LogP contribution >= 0.6 is 23.5 Å². The summed E-state index contributed by atoms with van der Waals surface area (Å²) < 4.78 is 22.8. The van der Waals surface area contributed by atoms with Gasteiger partial charge >= 0.3 is 0 Å². The van der Waals surface area contributed by atoms with E-state index >= 15 is 0 Å². The highest BCUT2D eigenvalue weighted by molar-refractivity contribution is 8.14. The summed E-state index contributed by atoms with van der Waals surface area (Å²) in [5.74, 6) is 0. The molecule has 2 heterocycles. The third-order valence-corrected chi connectivity index (χ3v) is 7.18. The molecule has 1 saturated heterocycles. The molecule has 0 radical (unpaired) electrons. The van der Waals surface area contributed by atoms with Gasteiger partial charge in [0.15, 0.2) is 10.1 Å². The fourth-order valence-corrected chi connectivity index (χ4v) is 5.46. The number of aldehydes is 1. The number of hydrogen-bond donors (Lipinski definition) is 3. The molecule has 4 N–H and O–H groups in total. The van der Waals surface area contributed by atoms with Gasteiger partial charge in [-0.15, -0.1) is 0 Å². The van der Waals surface area contributed by atoms with Crippen molar-refractivity contribution in [2.45, 2.75) is 36.1 Å². The fraction of sp³-hybridized carbons (Fsp3) is 0.438. The number of carbonyl (C=O) groups is 2. The van der Waals surface area contributed by atoms with Gasteiger partial charge in [0.2, 0.25) is 10.3 Å². The molecule has 2 aliphatic heterocycles. The number of thioether (sulfide) groups is 2. The molecule has 0 aromatic rings. The van der Waals surface area contributed by atoms with E-state index in [-0.39, 0.29) is 27.7 Å². The zero-order valence-electron chi connectivity index (χ0n) is 14.5. The molecule has 1 fully saturated rings. The van der Waals surface area contributed by atoms with Gasteiger partial charge in [-0.05, 0) is 24.0 Å². The van der Waals surface area contributed by atoms with Gasteiger partial charge in [0.05, 0.1) is 16.6 Å². The lowest BCUT2D eigenvalue weighted by Gasteiger charge is -2.33. The number of carbonyl (C=O) groups excluding carboxylic acids is 2. The molecule has 0 spiro atoms. The van der Waals surface area contributed by atoms with E-state index in [0.29, 0.717) is 24.2 Å². The highest BCUT2D eigenvalue weighted by Crippen LogP contribution is 2.36. The Morgan fingerprint density at radius 2 is 2.30 bits per heavy atom. The highest BCUT2D eigenvalue weighted by Gasteiger charge is 2.38.